The SMILES string of the molecule is CC(C)NC(=O)c1ccc(S(=O)(=O)Nc2ccccc2Cl)cc1. The molecule has 0 aromatic heterocycles. The van der Waals surface area contributed by atoms with Gasteiger partial charge in [0.25, 0.3) is 15.9 Å². The minimum Gasteiger partial charge on any atom is -0.350 e. The van der Waals surface area contributed by atoms with Gasteiger partial charge in [-0.05, 0) is 50.2 Å². The number of rotatable bonds is 5. The van der Waals surface area contributed by atoms with Gasteiger partial charge in [-0.15, -0.1) is 0 Å². The van der Waals surface area contributed by atoms with Crippen molar-refractivity contribution >= 4 is 33.2 Å². The topological polar surface area (TPSA) is 75.3 Å². The summed E-state index contributed by atoms with van der Waals surface area (Å²) in [6.07, 6.45) is 0. The van der Waals surface area contributed by atoms with Gasteiger partial charge in [-0.3, -0.25) is 9.52 Å². The van der Waals surface area contributed by atoms with E-state index in [1.165, 1.54) is 24.3 Å². The zero-order valence-electron chi connectivity index (χ0n) is 12.7. The third kappa shape index (κ3) is 4.46. The fourth-order valence-electron chi connectivity index (χ4n) is 1.88. The van der Waals surface area contributed by atoms with E-state index in [-0.39, 0.29) is 16.8 Å². The summed E-state index contributed by atoms with van der Waals surface area (Å²) in [4.78, 5) is 11.9. The van der Waals surface area contributed by atoms with Crippen molar-refractivity contribution in [1.82, 2.24) is 5.32 Å². The second-order valence-electron chi connectivity index (χ2n) is 5.24. The fourth-order valence-corrected chi connectivity index (χ4v) is 3.20. The number of carbonyl (C=O) groups excluding carboxylic acids is 1. The highest BCUT2D eigenvalue weighted by molar-refractivity contribution is 7.92. The zero-order chi connectivity index (χ0) is 17.0. The van der Waals surface area contributed by atoms with Gasteiger partial charge in [-0.2, -0.15) is 0 Å². The normalized spacial score (nSPS) is 11.3. The highest BCUT2D eigenvalue weighted by Gasteiger charge is 2.16. The van der Waals surface area contributed by atoms with Gasteiger partial charge < -0.3 is 5.32 Å². The quantitative estimate of drug-likeness (QED) is 0.867. The summed E-state index contributed by atoms with van der Waals surface area (Å²) >= 11 is 5.95. The molecule has 2 rings (SSSR count). The van der Waals surface area contributed by atoms with E-state index in [4.69, 9.17) is 11.6 Å². The number of hydrogen-bond acceptors (Lipinski definition) is 3. The molecule has 0 aliphatic carbocycles. The molecule has 0 radical (unpaired) electrons. The zero-order valence-corrected chi connectivity index (χ0v) is 14.3. The molecule has 2 aromatic carbocycles. The van der Waals surface area contributed by atoms with Gasteiger partial charge in [0.2, 0.25) is 0 Å². The number of amides is 1. The van der Waals surface area contributed by atoms with Crippen molar-refractivity contribution in [2.24, 2.45) is 0 Å². The third-order valence-corrected chi connectivity index (χ3v) is 4.68. The maximum atomic E-state index is 12.3. The Balaban J connectivity index is 2.21. The van der Waals surface area contributed by atoms with E-state index in [1.54, 1.807) is 24.3 Å². The van der Waals surface area contributed by atoms with Crippen LogP contribution in [0.3, 0.4) is 0 Å². The van der Waals surface area contributed by atoms with Gasteiger partial charge in [0.15, 0.2) is 0 Å². The molecule has 0 atom stereocenters. The molecule has 2 aromatic rings. The molecule has 5 nitrogen and oxygen atoms in total. The van der Waals surface area contributed by atoms with Crippen molar-refractivity contribution in [2.75, 3.05) is 4.72 Å². The van der Waals surface area contributed by atoms with Crippen molar-refractivity contribution in [3.8, 4) is 0 Å². The van der Waals surface area contributed by atoms with Crippen LogP contribution in [0.25, 0.3) is 0 Å². The van der Waals surface area contributed by atoms with Crippen molar-refractivity contribution in [1.29, 1.82) is 0 Å². The van der Waals surface area contributed by atoms with Crippen LogP contribution in [0, 0.1) is 0 Å². The Hall–Kier alpha value is -2.05. The van der Waals surface area contributed by atoms with Crippen LogP contribution in [0.4, 0.5) is 5.69 Å². The Morgan fingerprint density at radius 1 is 1.04 bits per heavy atom. The first-order valence-electron chi connectivity index (χ1n) is 6.98. The summed E-state index contributed by atoms with van der Waals surface area (Å²) in [5.74, 6) is -0.247. The van der Waals surface area contributed by atoms with E-state index >= 15 is 0 Å². The number of para-hydroxylation sites is 1. The molecule has 2 N–H and O–H groups in total. The summed E-state index contributed by atoms with van der Waals surface area (Å²) < 4.78 is 27.1. The predicted octanol–water partition coefficient (Wildman–Crippen LogP) is 3.28. The highest BCUT2D eigenvalue weighted by atomic mass is 35.5. The molecule has 23 heavy (non-hydrogen) atoms. The number of halogens is 1. The Bertz CT molecular complexity index is 802. The van der Waals surface area contributed by atoms with Crippen LogP contribution in [0.5, 0.6) is 0 Å². The average molecular weight is 353 g/mol. The van der Waals surface area contributed by atoms with Crippen molar-refractivity contribution < 1.29 is 13.2 Å². The lowest BCUT2D eigenvalue weighted by Gasteiger charge is -2.11. The largest absolute Gasteiger partial charge is 0.350 e. The number of nitrogens with one attached hydrogen (secondary N) is 2. The van der Waals surface area contributed by atoms with Gasteiger partial charge in [-0.1, -0.05) is 23.7 Å². The Morgan fingerprint density at radius 3 is 2.22 bits per heavy atom. The Morgan fingerprint density at radius 2 is 1.65 bits per heavy atom. The second kappa shape index (κ2) is 7.02. The summed E-state index contributed by atoms with van der Waals surface area (Å²) in [6.45, 7) is 3.70. The van der Waals surface area contributed by atoms with Crippen LogP contribution in [0.15, 0.2) is 53.4 Å². The lowest BCUT2D eigenvalue weighted by atomic mass is 10.2. The molecule has 0 heterocycles. The van der Waals surface area contributed by atoms with Gasteiger partial charge in [0, 0.05) is 11.6 Å². The molecule has 122 valence electrons. The average Bonchev–Trinajstić information content (AvgIpc) is 2.49. The van der Waals surface area contributed by atoms with Gasteiger partial charge in [-0.25, -0.2) is 8.42 Å². The summed E-state index contributed by atoms with van der Waals surface area (Å²) in [5.41, 5.74) is 0.700. The number of hydrogen-bond donors (Lipinski definition) is 2. The Labute approximate surface area is 140 Å². The molecule has 0 unspecified atom stereocenters. The smallest absolute Gasteiger partial charge is 0.261 e. The minimum absolute atomic E-state index is 0.00722. The summed E-state index contributed by atoms with van der Waals surface area (Å²) in [7, 11) is -3.77. The first-order valence-corrected chi connectivity index (χ1v) is 8.84. The highest BCUT2D eigenvalue weighted by Crippen LogP contribution is 2.24. The molecular formula is C16H17ClN2O3S. The van der Waals surface area contributed by atoms with Crippen LogP contribution in [0.2, 0.25) is 5.02 Å². The second-order valence-corrected chi connectivity index (χ2v) is 7.33. The maximum Gasteiger partial charge on any atom is 0.261 e. The van der Waals surface area contributed by atoms with E-state index in [0.717, 1.165) is 0 Å². The number of benzene rings is 2. The van der Waals surface area contributed by atoms with Crippen molar-refractivity contribution in [2.45, 2.75) is 24.8 Å². The minimum atomic E-state index is -3.77. The first kappa shape index (κ1) is 17.3. The van der Waals surface area contributed by atoms with Crippen molar-refractivity contribution in [3.05, 3.63) is 59.1 Å². The molecule has 0 bridgehead atoms. The lowest BCUT2D eigenvalue weighted by molar-refractivity contribution is 0.0943. The van der Waals surface area contributed by atoms with Crippen LogP contribution in [-0.2, 0) is 10.0 Å². The van der Waals surface area contributed by atoms with Gasteiger partial charge >= 0.3 is 0 Å². The van der Waals surface area contributed by atoms with Crippen LogP contribution < -0.4 is 10.0 Å². The molecule has 7 heteroatoms. The monoisotopic (exact) mass is 352 g/mol. The third-order valence-electron chi connectivity index (χ3n) is 2.96. The molecule has 0 fully saturated rings. The number of anilines is 1. The Kier molecular flexibility index (Phi) is 5.28. The molecule has 0 aliphatic rings. The van der Waals surface area contributed by atoms with Crippen LogP contribution >= 0.6 is 11.6 Å². The van der Waals surface area contributed by atoms with Gasteiger partial charge in [0.05, 0.1) is 15.6 Å². The van der Waals surface area contributed by atoms with Gasteiger partial charge in [0.1, 0.15) is 0 Å². The number of carbonyl (C=O) groups is 1. The molecule has 1 amide bonds. The first-order chi connectivity index (χ1) is 10.8. The maximum absolute atomic E-state index is 12.3. The van der Waals surface area contributed by atoms with E-state index in [2.05, 4.69) is 10.0 Å². The van der Waals surface area contributed by atoms with Crippen LogP contribution in [-0.4, -0.2) is 20.4 Å². The van der Waals surface area contributed by atoms with Crippen molar-refractivity contribution in [3.63, 3.8) is 0 Å². The predicted molar refractivity (Wildman–Crippen MR) is 91.3 cm³/mol. The standard InChI is InChI=1S/C16H17ClN2O3S/c1-11(2)18-16(20)12-7-9-13(10-8-12)23(21,22)19-15-6-4-3-5-14(15)17/h3-11,19H,1-2H3,(H,18,20). The van der Waals surface area contributed by atoms with Crippen LogP contribution in [0.1, 0.15) is 24.2 Å². The summed E-state index contributed by atoms with van der Waals surface area (Å²) in [6, 6.07) is 12.3. The molecule has 0 aliphatic heterocycles. The molecular weight excluding hydrogens is 336 g/mol. The van der Waals surface area contributed by atoms with E-state index < -0.39 is 10.0 Å². The van der Waals surface area contributed by atoms with E-state index in [9.17, 15) is 13.2 Å². The number of sulfonamides is 1. The molecule has 0 spiro atoms. The van der Waals surface area contributed by atoms with E-state index in [0.29, 0.717) is 16.3 Å². The lowest BCUT2D eigenvalue weighted by Crippen LogP contribution is -2.30. The van der Waals surface area contributed by atoms with E-state index in [1.807, 2.05) is 13.8 Å². The molecule has 0 saturated carbocycles. The molecule has 0 saturated heterocycles. The summed E-state index contributed by atoms with van der Waals surface area (Å²) in [5, 5.41) is 3.05. The fraction of sp³-hybridized carbons (Fsp3) is 0.188.